The van der Waals surface area contributed by atoms with E-state index in [1.165, 1.54) is 18.5 Å². The quantitative estimate of drug-likeness (QED) is 0.726. The molecule has 0 atom stereocenters. The second-order valence-corrected chi connectivity index (χ2v) is 6.32. The molecule has 1 fully saturated rings. The molecule has 0 unspecified atom stereocenters. The highest BCUT2D eigenvalue weighted by molar-refractivity contribution is 5.56. The Kier molecular flexibility index (Phi) is 4.73. The lowest BCUT2D eigenvalue weighted by Gasteiger charge is -2.17. The van der Waals surface area contributed by atoms with Crippen molar-refractivity contribution in [3.8, 4) is 17.2 Å². The van der Waals surface area contributed by atoms with Crippen molar-refractivity contribution in [1.82, 2.24) is 10.2 Å². The predicted molar refractivity (Wildman–Crippen MR) is 102 cm³/mol. The highest BCUT2D eigenvalue weighted by atomic mass is 16.5. The van der Waals surface area contributed by atoms with Gasteiger partial charge >= 0.3 is 0 Å². The van der Waals surface area contributed by atoms with Crippen molar-refractivity contribution in [1.29, 1.82) is 0 Å². The van der Waals surface area contributed by atoms with Crippen LogP contribution in [0, 0.1) is 0 Å². The first-order valence-electron chi connectivity index (χ1n) is 8.87. The molecule has 2 aromatic carbocycles. The molecule has 1 aliphatic heterocycles. The molecular formula is C20H22N4O2. The number of anilines is 2. The van der Waals surface area contributed by atoms with Crippen molar-refractivity contribution in [2.45, 2.75) is 19.4 Å². The maximum Gasteiger partial charge on any atom is 0.247 e. The van der Waals surface area contributed by atoms with Crippen molar-refractivity contribution >= 4 is 11.4 Å². The number of aromatic nitrogens is 2. The van der Waals surface area contributed by atoms with E-state index in [0.717, 1.165) is 30.1 Å². The summed E-state index contributed by atoms with van der Waals surface area (Å²) < 4.78 is 10.9. The second kappa shape index (κ2) is 7.47. The Labute approximate surface area is 152 Å². The third-order valence-corrected chi connectivity index (χ3v) is 4.59. The van der Waals surface area contributed by atoms with E-state index in [2.05, 4.69) is 44.7 Å². The molecule has 2 heterocycles. The summed E-state index contributed by atoms with van der Waals surface area (Å²) in [7, 11) is 1.64. The first-order chi connectivity index (χ1) is 12.8. The Bertz CT molecular complexity index is 837. The lowest BCUT2D eigenvalue weighted by atomic mass is 10.2. The van der Waals surface area contributed by atoms with E-state index in [-0.39, 0.29) is 0 Å². The SMILES string of the molecule is COc1ccc(-c2nnc(CNc3ccc(N4CCCC4)cc3)o2)cc1. The summed E-state index contributed by atoms with van der Waals surface area (Å²) in [6.07, 6.45) is 2.57. The number of benzene rings is 2. The van der Waals surface area contributed by atoms with E-state index < -0.39 is 0 Å². The largest absolute Gasteiger partial charge is 0.497 e. The zero-order valence-corrected chi connectivity index (χ0v) is 14.8. The number of hydrogen-bond acceptors (Lipinski definition) is 6. The molecule has 0 bridgehead atoms. The Balaban J connectivity index is 1.36. The second-order valence-electron chi connectivity index (χ2n) is 6.32. The molecule has 1 N–H and O–H groups in total. The first-order valence-corrected chi connectivity index (χ1v) is 8.87. The van der Waals surface area contributed by atoms with Crippen LogP contribution in [-0.4, -0.2) is 30.4 Å². The number of nitrogens with one attached hydrogen (secondary N) is 1. The Morgan fingerprint density at radius 2 is 1.73 bits per heavy atom. The molecule has 3 aromatic rings. The van der Waals surface area contributed by atoms with Crippen LogP contribution in [0.4, 0.5) is 11.4 Å². The number of hydrogen-bond donors (Lipinski definition) is 1. The normalized spacial score (nSPS) is 13.8. The van der Waals surface area contributed by atoms with Crippen LogP contribution in [-0.2, 0) is 6.54 Å². The van der Waals surface area contributed by atoms with Crippen LogP contribution in [0.5, 0.6) is 5.75 Å². The maximum absolute atomic E-state index is 5.74. The summed E-state index contributed by atoms with van der Waals surface area (Å²) in [5, 5.41) is 11.6. The molecule has 134 valence electrons. The molecule has 1 saturated heterocycles. The number of nitrogens with zero attached hydrogens (tertiary/aromatic N) is 3. The van der Waals surface area contributed by atoms with E-state index in [4.69, 9.17) is 9.15 Å². The highest BCUT2D eigenvalue weighted by Crippen LogP contribution is 2.23. The Hall–Kier alpha value is -3.02. The highest BCUT2D eigenvalue weighted by Gasteiger charge is 2.12. The van der Waals surface area contributed by atoms with Gasteiger partial charge in [-0.1, -0.05) is 0 Å². The minimum Gasteiger partial charge on any atom is -0.497 e. The number of ether oxygens (including phenoxy) is 1. The fourth-order valence-electron chi connectivity index (χ4n) is 3.12. The molecule has 1 aromatic heterocycles. The molecule has 6 nitrogen and oxygen atoms in total. The lowest BCUT2D eigenvalue weighted by Crippen LogP contribution is -2.17. The summed E-state index contributed by atoms with van der Waals surface area (Å²) in [5.41, 5.74) is 3.20. The van der Waals surface area contributed by atoms with Gasteiger partial charge in [0, 0.05) is 30.0 Å². The van der Waals surface area contributed by atoms with Crippen molar-refractivity contribution < 1.29 is 9.15 Å². The summed E-state index contributed by atoms with van der Waals surface area (Å²) in [6.45, 7) is 2.80. The van der Waals surface area contributed by atoms with Crippen molar-refractivity contribution in [3.05, 3.63) is 54.4 Å². The van der Waals surface area contributed by atoms with Crippen molar-refractivity contribution in [3.63, 3.8) is 0 Å². The number of rotatable bonds is 6. The van der Waals surface area contributed by atoms with E-state index in [1.54, 1.807) is 7.11 Å². The van der Waals surface area contributed by atoms with Gasteiger partial charge in [0.1, 0.15) is 5.75 Å². The molecule has 6 heteroatoms. The summed E-state index contributed by atoms with van der Waals surface area (Å²) in [4.78, 5) is 2.42. The Morgan fingerprint density at radius 3 is 2.42 bits per heavy atom. The van der Waals surface area contributed by atoms with Crippen LogP contribution in [0.1, 0.15) is 18.7 Å². The summed E-state index contributed by atoms with van der Waals surface area (Å²) >= 11 is 0. The number of methoxy groups -OCH3 is 1. The topological polar surface area (TPSA) is 63.4 Å². The summed E-state index contributed by atoms with van der Waals surface area (Å²) in [6, 6.07) is 16.1. The van der Waals surface area contributed by atoms with E-state index >= 15 is 0 Å². The third kappa shape index (κ3) is 3.64. The zero-order chi connectivity index (χ0) is 17.8. The van der Waals surface area contributed by atoms with Gasteiger partial charge in [-0.3, -0.25) is 0 Å². The third-order valence-electron chi connectivity index (χ3n) is 4.59. The summed E-state index contributed by atoms with van der Waals surface area (Å²) in [5.74, 6) is 1.86. The van der Waals surface area contributed by atoms with Crippen molar-refractivity contribution in [2.24, 2.45) is 0 Å². The fraction of sp³-hybridized carbons (Fsp3) is 0.300. The molecule has 0 aliphatic carbocycles. The molecule has 0 radical (unpaired) electrons. The van der Waals surface area contributed by atoms with Crippen molar-refractivity contribution in [2.75, 3.05) is 30.4 Å². The molecule has 0 amide bonds. The van der Waals surface area contributed by atoms with Gasteiger partial charge in [-0.15, -0.1) is 10.2 Å². The van der Waals surface area contributed by atoms with E-state index in [9.17, 15) is 0 Å². The van der Waals surface area contributed by atoms with E-state index in [0.29, 0.717) is 18.3 Å². The maximum atomic E-state index is 5.74. The van der Waals surface area contributed by atoms with Gasteiger partial charge in [-0.05, 0) is 61.4 Å². The van der Waals surface area contributed by atoms with Gasteiger partial charge in [0.2, 0.25) is 11.8 Å². The molecule has 1 aliphatic rings. The van der Waals surface area contributed by atoms with Gasteiger partial charge in [0.25, 0.3) is 0 Å². The molecular weight excluding hydrogens is 328 g/mol. The van der Waals surface area contributed by atoms with Gasteiger partial charge < -0.3 is 19.4 Å². The standard InChI is InChI=1S/C20H22N4O2/c1-25-18-10-4-15(5-11-18)20-23-22-19(26-20)14-21-16-6-8-17(9-7-16)24-12-2-3-13-24/h4-11,21H,2-3,12-14H2,1H3. The average Bonchev–Trinajstić information content (AvgIpc) is 3.39. The lowest BCUT2D eigenvalue weighted by molar-refractivity contribution is 0.415. The van der Waals surface area contributed by atoms with Crippen LogP contribution < -0.4 is 15.0 Å². The molecule has 4 rings (SSSR count). The van der Waals surface area contributed by atoms with Crippen LogP contribution in [0.25, 0.3) is 11.5 Å². The average molecular weight is 350 g/mol. The van der Waals surface area contributed by atoms with Crippen LogP contribution >= 0.6 is 0 Å². The minimum absolute atomic E-state index is 0.492. The van der Waals surface area contributed by atoms with Gasteiger partial charge in [0.15, 0.2) is 0 Å². The smallest absolute Gasteiger partial charge is 0.247 e. The molecule has 26 heavy (non-hydrogen) atoms. The van der Waals surface area contributed by atoms with Crippen LogP contribution in [0.3, 0.4) is 0 Å². The van der Waals surface area contributed by atoms with Gasteiger partial charge in [-0.2, -0.15) is 0 Å². The fourth-order valence-corrected chi connectivity index (χ4v) is 3.12. The Morgan fingerprint density at radius 1 is 1.00 bits per heavy atom. The van der Waals surface area contributed by atoms with Gasteiger partial charge in [0.05, 0.1) is 13.7 Å². The van der Waals surface area contributed by atoms with E-state index in [1.807, 2.05) is 24.3 Å². The monoisotopic (exact) mass is 350 g/mol. The molecule has 0 spiro atoms. The van der Waals surface area contributed by atoms with Crippen LogP contribution in [0.2, 0.25) is 0 Å². The minimum atomic E-state index is 0.492. The molecule has 0 saturated carbocycles. The van der Waals surface area contributed by atoms with Crippen LogP contribution in [0.15, 0.2) is 52.9 Å². The zero-order valence-electron chi connectivity index (χ0n) is 14.8. The predicted octanol–water partition coefficient (Wildman–Crippen LogP) is 3.96. The van der Waals surface area contributed by atoms with Gasteiger partial charge in [-0.25, -0.2) is 0 Å². The first kappa shape index (κ1) is 16.4.